The van der Waals surface area contributed by atoms with Crippen molar-refractivity contribution in [2.24, 2.45) is 0 Å². The fourth-order valence-electron chi connectivity index (χ4n) is 1.52. The largest absolute Gasteiger partial charge is 0.477 e. The highest BCUT2D eigenvalue weighted by molar-refractivity contribution is 7.98. The van der Waals surface area contributed by atoms with E-state index in [1.54, 1.807) is 11.8 Å². The number of carboxylic acid groups (broad SMARTS) is 1. The van der Waals surface area contributed by atoms with Crippen LogP contribution in [-0.4, -0.2) is 48.9 Å². The Hall–Kier alpha value is -0.570. The van der Waals surface area contributed by atoms with Gasteiger partial charge in [0.1, 0.15) is 9.77 Å². The van der Waals surface area contributed by atoms with Crippen LogP contribution in [0.4, 0.5) is 0 Å². The molecule has 1 unspecified atom stereocenters. The van der Waals surface area contributed by atoms with Crippen LogP contribution in [-0.2, 0) is 10.0 Å². The van der Waals surface area contributed by atoms with Gasteiger partial charge in [-0.15, -0.1) is 11.3 Å². The predicted octanol–water partition coefficient (Wildman–Crippen LogP) is 2.21. The quantitative estimate of drug-likeness (QED) is 0.832. The Kier molecular flexibility index (Phi) is 5.84. The molecule has 0 bridgehead atoms. The van der Waals surface area contributed by atoms with Gasteiger partial charge in [0.2, 0.25) is 10.0 Å². The van der Waals surface area contributed by atoms with Gasteiger partial charge >= 0.3 is 5.97 Å². The van der Waals surface area contributed by atoms with Crippen molar-refractivity contribution in [2.45, 2.75) is 24.3 Å². The molecular weight excluding hydrogens is 306 g/mol. The smallest absolute Gasteiger partial charge is 0.347 e. The summed E-state index contributed by atoms with van der Waals surface area (Å²) in [6.07, 6.45) is 2.69. The van der Waals surface area contributed by atoms with Crippen molar-refractivity contribution in [1.29, 1.82) is 0 Å². The molecule has 0 aliphatic heterocycles. The normalized spacial score (nSPS) is 13.7. The molecule has 5 nitrogen and oxygen atoms in total. The summed E-state index contributed by atoms with van der Waals surface area (Å²) in [5, 5.41) is 10.5. The second kappa shape index (κ2) is 6.74. The van der Waals surface area contributed by atoms with E-state index in [1.807, 2.05) is 13.2 Å². The first kappa shape index (κ1) is 16.5. The molecule has 8 heteroatoms. The number of carboxylic acids is 1. The molecular formula is C11H17NO4S3. The number of carbonyl (C=O) groups is 1. The van der Waals surface area contributed by atoms with Gasteiger partial charge in [0, 0.05) is 13.1 Å². The monoisotopic (exact) mass is 323 g/mol. The highest BCUT2D eigenvalue weighted by Crippen LogP contribution is 2.26. The fourth-order valence-corrected chi connectivity index (χ4v) is 4.72. The summed E-state index contributed by atoms with van der Waals surface area (Å²) in [5.74, 6) is -0.352. The van der Waals surface area contributed by atoms with Crippen LogP contribution in [0.3, 0.4) is 0 Å². The van der Waals surface area contributed by atoms with E-state index >= 15 is 0 Å². The first-order valence-electron chi connectivity index (χ1n) is 5.60. The maximum absolute atomic E-state index is 12.4. The molecule has 0 radical (unpaired) electrons. The van der Waals surface area contributed by atoms with Crippen LogP contribution < -0.4 is 0 Å². The predicted molar refractivity (Wildman–Crippen MR) is 78.7 cm³/mol. The van der Waals surface area contributed by atoms with Crippen molar-refractivity contribution in [3.05, 3.63) is 16.3 Å². The summed E-state index contributed by atoms with van der Waals surface area (Å²) in [6.45, 7) is 1.82. The van der Waals surface area contributed by atoms with Crippen molar-refractivity contribution in [3.8, 4) is 0 Å². The Morgan fingerprint density at radius 1 is 1.58 bits per heavy atom. The third kappa shape index (κ3) is 3.71. The lowest BCUT2D eigenvalue weighted by atomic mass is 10.3. The molecule has 0 saturated carbocycles. The van der Waals surface area contributed by atoms with Crippen molar-refractivity contribution in [2.75, 3.05) is 19.1 Å². The van der Waals surface area contributed by atoms with Gasteiger partial charge in [0.25, 0.3) is 0 Å². The molecule has 0 spiro atoms. The summed E-state index contributed by atoms with van der Waals surface area (Å²) >= 11 is 2.57. The lowest BCUT2D eigenvalue weighted by Crippen LogP contribution is -2.35. The molecule has 1 rings (SSSR count). The van der Waals surface area contributed by atoms with Crippen LogP contribution in [0, 0.1) is 0 Å². The van der Waals surface area contributed by atoms with Gasteiger partial charge in [0.05, 0.1) is 0 Å². The van der Waals surface area contributed by atoms with E-state index in [-0.39, 0.29) is 15.8 Å². The van der Waals surface area contributed by atoms with Crippen LogP contribution in [0.25, 0.3) is 0 Å². The molecule has 108 valence electrons. The standard InChI is InChI=1S/C11H17NO4S3/c1-8(4-6-17-3)12(2)19(15,16)9-5-7-18-10(9)11(13)14/h5,7-8H,4,6H2,1-3H3,(H,13,14). The number of thioether (sulfide) groups is 1. The molecule has 19 heavy (non-hydrogen) atoms. The fraction of sp³-hybridized carbons (Fsp3) is 0.545. The minimum atomic E-state index is -3.75. The molecule has 0 aliphatic carbocycles. The van der Waals surface area contributed by atoms with Crippen molar-refractivity contribution < 1.29 is 18.3 Å². The Bertz CT molecular complexity index is 538. The third-order valence-electron chi connectivity index (χ3n) is 2.84. The van der Waals surface area contributed by atoms with Gasteiger partial charge in [-0.05, 0) is 36.8 Å². The zero-order valence-corrected chi connectivity index (χ0v) is 13.4. The number of rotatable bonds is 7. The third-order valence-corrected chi connectivity index (χ3v) is 6.53. The zero-order valence-electron chi connectivity index (χ0n) is 11.0. The number of aromatic carboxylic acids is 1. The van der Waals surface area contributed by atoms with E-state index in [0.29, 0.717) is 0 Å². The van der Waals surface area contributed by atoms with Gasteiger partial charge in [-0.25, -0.2) is 13.2 Å². The second-order valence-electron chi connectivity index (χ2n) is 4.07. The van der Waals surface area contributed by atoms with E-state index in [4.69, 9.17) is 5.11 Å². The summed E-state index contributed by atoms with van der Waals surface area (Å²) in [5.41, 5.74) is 0. The minimum absolute atomic E-state index is 0.122. The molecule has 1 aromatic heterocycles. The highest BCUT2D eigenvalue weighted by atomic mass is 32.2. The van der Waals surface area contributed by atoms with Crippen LogP contribution in [0.1, 0.15) is 23.0 Å². The van der Waals surface area contributed by atoms with Gasteiger partial charge in [-0.3, -0.25) is 0 Å². The first-order valence-corrected chi connectivity index (χ1v) is 9.31. The first-order chi connectivity index (χ1) is 8.82. The second-order valence-corrected chi connectivity index (χ2v) is 7.94. The van der Waals surface area contributed by atoms with Crippen molar-refractivity contribution >= 4 is 39.1 Å². The number of thiophene rings is 1. The lowest BCUT2D eigenvalue weighted by Gasteiger charge is -2.23. The molecule has 0 aliphatic rings. The average molecular weight is 323 g/mol. The number of nitrogens with zero attached hydrogens (tertiary/aromatic N) is 1. The van der Waals surface area contributed by atoms with Gasteiger partial charge in [-0.2, -0.15) is 16.1 Å². The Balaban J connectivity index is 3.03. The maximum atomic E-state index is 12.4. The summed E-state index contributed by atoms with van der Waals surface area (Å²) in [7, 11) is -2.26. The van der Waals surface area contributed by atoms with E-state index in [2.05, 4.69) is 0 Å². The van der Waals surface area contributed by atoms with Crippen LogP contribution in [0.5, 0.6) is 0 Å². The van der Waals surface area contributed by atoms with E-state index in [1.165, 1.54) is 22.8 Å². The van der Waals surface area contributed by atoms with Crippen LogP contribution in [0.15, 0.2) is 16.3 Å². The molecule has 1 atom stereocenters. The lowest BCUT2D eigenvalue weighted by molar-refractivity contribution is 0.0698. The van der Waals surface area contributed by atoms with Crippen LogP contribution >= 0.6 is 23.1 Å². The van der Waals surface area contributed by atoms with Gasteiger partial charge < -0.3 is 5.11 Å². The van der Waals surface area contributed by atoms with Gasteiger partial charge in [-0.1, -0.05) is 0 Å². The molecule has 1 N–H and O–H groups in total. The Morgan fingerprint density at radius 3 is 2.74 bits per heavy atom. The SMILES string of the molecule is CSCCC(C)N(C)S(=O)(=O)c1ccsc1C(=O)O. The van der Waals surface area contributed by atoms with Crippen LogP contribution in [0.2, 0.25) is 0 Å². The summed E-state index contributed by atoms with van der Waals surface area (Å²) in [6, 6.07) is 1.18. The maximum Gasteiger partial charge on any atom is 0.347 e. The number of hydrogen-bond donors (Lipinski definition) is 1. The molecule has 1 heterocycles. The number of hydrogen-bond acceptors (Lipinski definition) is 5. The Morgan fingerprint density at radius 2 is 2.21 bits per heavy atom. The average Bonchev–Trinajstić information content (AvgIpc) is 2.84. The Labute approximate surface area is 121 Å². The molecule has 0 aromatic carbocycles. The van der Waals surface area contributed by atoms with E-state index < -0.39 is 16.0 Å². The molecule has 0 fully saturated rings. The highest BCUT2D eigenvalue weighted by Gasteiger charge is 2.30. The van der Waals surface area contributed by atoms with E-state index in [9.17, 15) is 13.2 Å². The summed E-state index contributed by atoms with van der Waals surface area (Å²) < 4.78 is 26.0. The van der Waals surface area contributed by atoms with Crippen molar-refractivity contribution in [1.82, 2.24) is 4.31 Å². The molecule has 1 aromatic rings. The molecule has 0 saturated heterocycles. The van der Waals surface area contributed by atoms with E-state index in [0.717, 1.165) is 23.5 Å². The topological polar surface area (TPSA) is 74.7 Å². The van der Waals surface area contributed by atoms with Crippen molar-refractivity contribution in [3.63, 3.8) is 0 Å². The van der Waals surface area contributed by atoms with Gasteiger partial charge in [0.15, 0.2) is 0 Å². The minimum Gasteiger partial charge on any atom is -0.477 e. The number of sulfonamides is 1. The summed E-state index contributed by atoms with van der Waals surface area (Å²) in [4.78, 5) is 10.8. The zero-order chi connectivity index (χ0) is 14.6. The molecule has 0 amide bonds.